The molecule has 2 aromatic carbocycles. The minimum Gasteiger partial charge on any atom is -0.453 e. The molecule has 1 N–H and O–H groups in total. The maximum Gasteiger partial charge on any atom is 0.252 e. The molecule has 0 spiro atoms. The highest BCUT2D eigenvalue weighted by Gasteiger charge is 2.14. The molecule has 0 saturated carbocycles. The van der Waals surface area contributed by atoms with Crippen LogP contribution < -0.4 is 5.32 Å². The van der Waals surface area contributed by atoms with E-state index in [9.17, 15) is 14.0 Å². The van der Waals surface area contributed by atoms with Crippen molar-refractivity contribution in [2.24, 2.45) is 0 Å². The fraction of sp³-hybridized carbons (Fsp3) is 0.0526. The predicted octanol–water partition coefficient (Wildman–Crippen LogP) is 3.83. The number of rotatable bonds is 5. The smallest absolute Gasteiger partial charge is 0.252 e. The number of carbonyl (C=O) groups excluding carboxylic acids is 2. The van der Waals surface area contributed by atoms with Gasteiger partial charge in [0.15, 0.2) is 12.0 Å². The Morgan fingerprint density at radius 2 is 1.79 bits per heavy atom. The van der Waals surface area contributed by atoms with Gasteiger partial charge in [-0.1, -0.05) is 30.3 Å². The summed E-state index contributed by atoms with van der Waals surface area (Å²) in [6.07, 6.45) is 0.612. The van der Waals surface area contributed by atoms with Crippen molar-refractivity contribution in [2.45, 2.75) is 6.54 Å². The quantitative estimate of drug-likeness (QED) is 0.726. The van der Waals surface area contributed by atoms with Gasteiger partial charge in [-0.05, 0) is 35.9 Å². The summed E-state index contributed by atoms with van der Waals surface area (Å²) in [7, 11) is 0. The van der Waals surface area contributed by atoms with Crippen LogP contribution in [0.2, 0.25) is 0 Å². The average Bonchev–Trinajstić information content (AvgIpc) is 3.10. The zero-order valence-electron chi connectivity index (χ0n) is 12.7. The number of hydrogen-bond acceptors (Lipinski definition) is 3. The summed E-state index contributed by atoms with van der Waals surface area (Å²) >= 11 is 0. The summed E-state index contributed by atoms with van der Waals surface area (Å²) in [6, 6.07) is 16.1. The predicted molar refractivity (Wildman–Crippen MR) is 87.1 cm³/mol. The number of halogens is 1. The van der Waals surface area contributed by atoms with Crippen LogP contribution in [0.4, 0.5) is 4.39 Å². The summed E-state index contributed by atoms with van der Waals surface area (Å²) in [6.45, 7) is 0.283. The van der Waals surface area contributed by atoms with Crippen molar-refractivity contribution in [3.8, 4) is 11.3 Å². The number of carbonyl (C=O) groups is 2. The Hall–Kier alpha value is -3.21. The third-order valence-corrected chi connectivity index (χ3v) is 3.55. The number of benzene rings is 2. The zero-order valence-corrected chi connectivity index (χ0v) is 12.7. The van der Waals surface area contributed by atoms with Crippen molar-refractivity contribution in [1.82, 2.24) is 5.32 Å². The second-order valence-corrected chi connectivity index (χ2v) is 5.17. The topological polar surface area (TPSA) is 59.3 Å². The van der Waals surface area contributed by atoms with E-state index < -0.39 is 0 Å². The lowest BCUT2D eigenvalue weighted by Crippen LogP contribution is -2.23. The highest BCUT2D eigenvalue weighted by atomic mass is 19.1. The van der Waals surface area contributed by atoms with Crippen molar-refractivity contribution in [2.75, 3.05) is 0 Å². The third kappa shape index (κ3) is 3.41. The maximum absolute atomic E-state index is 12.9. The normalized spacial score (nSPS) is 10.4. The summed E-state index contributed by atoms with van der Waals surface area (Å²) in [4.78, 5) is 23.2. The monoisotopic (exact) mass is 323 g/mol. The van der Waals surface area contributed by atoms with Crippen molar-refractivity contribution in [3.05, 3.63) is 83.4 Å². The van der Waals surface area contributed by atoms with Crippen molar-refractivity contribution in [1.29, 1.82) is 0 Å². The molecular formula is C19H14FNO3. The largest absolute Gasteiger partial charge is 0.453 e. The molecule has 0 radical (unpaired) electrons. The Bertz CT molecular complexity index is 868. The van der Waals surface area contributed by atoms with Crippen molar-refractivity contribution >= 4 is 12.2 Å². The van der Waals surface area contributed by atoms with E-state index in [0.717, 1.165) is 5.56 Å². The fourth-order valence-corrected chi connectivity index (χ4v) is 2.34. The second kappa shape index (κ2) is 6.91. The van der Waals surface area contributed by atoms with Gasteiger partial charge in [0.25, 0.3) is 5.91 Å². The molecule has 24 heavy (non-hydrogen) atoms. The molecule has 1 amide bonds. The first-order chi connectivity index (χ1) is 11.7. The van der Waals surface area contributed by atoms with Gasteiger partial charge in [-0.3, -0.25) is 9.59 Å². The van der Waals surface area contributed by atoms with Crippen molar-refractivity contribution < 1.29 is 18.4 Å². The molecule has 0 aliphatic carbocycles. The Balaban J connectivity index is 1.79. The molecule has 0 aliphatic rings. The van der Waals surface area contributed by atoms with Crippen LogP contribution in [0.3, 0.4) is 0 Å². The molecule has 1 aromatic heterocycles. The lowest BCUT2D eigenvalue weighted by atomic mass is 10.0. The average molecular weight is 323 g/mol. The standard InChI is InChI=1S/C19H14FNO3/c20-14-7-5-13(6-8-14)11-21-19(23)17-4-2-1-3-16(17)18-10-9-15(12-22)24-18/h1-10,12H,11H2,(H,21,23). The molecule has 120 valence electrons. The molecule has 3 aromatic rings. The molecular weight excluding hydrogens is 309 g/mol. The molecule has 0 saturated heterocycles. The fourth-order valence-electron chi connectivity index (χ4n) is 2.34. The van der Waals surface area contributed by atoms with Crippen LogP contribution >= 0.6 is 0 Å². The van der Waals surface area contributed by atoms with Crippen LogP contribution in [0.1, 0.15) is 26.5 Å². The molecule has 0 aliphatic heterocycles. The summed E-state index contributed by atoms with van der Waals surface area (Å²) < 4.78 is 18.3. The van der Waals surface area contributed by atoms with E-state index in [0.29, 0.717) is 23.2 Å². The van der Waals surface area contributed by atoms with Crippen LogP contribution in [0, 0.1) is 5.82 Å². The van der Waals surface area contributed by atoms with Gasteiger partial charge >= 0.3 is 0 Å². The van der Waals surface area contributed by atoms with Crippen LogP contribution in [0.5, 0.6) is 0 Å². The molecule has 0 bridgehead atoms. The Kier molecular flexibility index (Phi) is 4.52. The minimum absolute atomic E-state index is 0.200. The molecule has 0 fully saturated rings. The van der Waals surface area contributed by atoms with E-state index in [1.807, 2.05) is 0 Å². The highest BCUT2D eigenvalue weighted by Crippen LogP contribution is 2.25. The maximum atomic E-state index is 12.9. The lowest BCUT2D eigenvalue weighted by Gasteiger charge is -2.09. The van der Waals surface area contributed by atoms with Gasteiger partial charge in [-0.25, -0.2) is 4.39 Å². The van der Waals surface area contributed by atoms with Crippen LogP contribution in [-0.4, -0.2) is 12.2 Å². The van der Waals surface area contributed by atoms with E-state index in [1.165, 1.54) is 12.1 Å². The summed E-state index contributed by atoms with van der Waals surface area (Å²) in [5.74, 6) is 0.0503. The van der Waals surface area contributed by atoms with E-state index >= 15 is 0 Å². The zero-order chi connectivity index (χ0) is 16.9. The Labute approximate surface area is 137 Å². The van der Waals surface area contributed by atoms with E-state index in [2.05, 4.69) is 5.32 Å². The molecule has 4 nitrogen and oxygen atoms in total. The van der Waals surface area contributed by atoms with Gasteiger partial charge in [-0.15, -0.1) is 0 Å². The number of nitrogens with one attached hydrogen (secondary N) is 1. The van der Waals surface area contributed by atoms with Gasteiger partial charge in [-0.2, -0.15) is 0 Å². The first-order valence-electron chi connectivity index (χ1n) is 7.34. The first kappa shape index (κ1) is 15.7. The van der Waals surface area contributed by atoms with Gasteiger partial charge in [0.2, 0.25) is 0 Å². The van der Waals surface area contributed by atoms with Gasteiger partial charge < -0.3 is 9.73 Å². The second-order valence-electron chi connectivity index (χ2n) is 5.17. The number of hydrogen-bond donors (Lipinski definition) is 1. The molecule has 0 unspecified atom stereocenters. The Morgan fingerprint density at radius 1 is 1.04 bits per heavy atom. The van der Waals surface area contributed by atoms with Crippen LogP contribution in [-0.2, 0) is 6.54 Å². The Morgan fingerprint density at radius 3 is 2.50 bits per heavy atom. The van der Waals surface area contributed by atoms with E-state index in [4.69, 9.17) is 4.42 Å². The van der Waals surface area contributed by atoms with Crippen LogP contribution in [0.15, 0.2) is 65.1 Å². The van der Waals surface area contributed by atoms with E-state index in [-0.39, 0.29) is 24.0 Å². The molecule has 1 heterocycles. The lowest BCUT2D eigenvalue weighted by molar-refractivity contribution is 0.0951. The first-order valence-corrected chi connectivity index (χ1v) is 7.34. The van der Waals surface area contributed by atoms with Crippen molar-refractivity contribution in [3.63, 3.8) is 0 Å². The van der Waals surface area contributed by atoms with Gasteiger partial charge in [0, 0.05) is 12.1 Å². The number of aldehydes is 1. The minimum atomic E-state index is -0.320. The van der Waals surface area contributed by atoms with Gasteiger partial charge in [0.1, 0.15) is 11.6 Å². The highest BCUT2D eigenvalue weighted by molar-refractivity contribution is 6.00. The van der Waals surface area contributed by atoms with E-state index in [1.54, 1.807) is 48.5 Å². The van der Waals surface area contributed by atoms with Gasteiger partial charge in [0.05, 0.1) is 5.56 Å². The number of amides is 1. The summed E-state index contributed by atoms with van der Waals surface area (Å²) in [5.41, 5.74) is 1.83. The molecule has 0 atom stereocenters. The third-order valence-electron chi connectivity index (χ3n) is 3.55. The molecule has 5 heteroatoms. The molecule has 3 rings (SSSR count). The summed E-state index contributed by atoms with van der Waals surface area (Å²) in [5, 5.41) is 2.79. The SMILES string of the molecule is O=Cc1ccc(-c2ccccc2C(=O)NCc2ccc(F)cc2)o1. The number of furan rings is 1. The van der Waals surface area contributed by atoms with Crippen LogP contribution in [0.25, 0.3) is 11.3 Å².